The molecule has 108 valence electrons. The van der Waals surface area contributed by atoms with Crippen molar-refractivity contribution in [2.24, 2.45) is 0 Å². The lowest BCUT2D eigenvalue weighted by molar-refractivity contribution is -0.124. The molecule has 0 aromatic heterocycles. The monoisotopic (exact) mass is 274 g/mol. The zero-order valence-corrected chi connectivity index (χ0v) is 11.7. The minimum absolute atomic E-state index is 0.136. The van der Waals surface area contributed by atoms with E-state index in [-0.39, 0.29) is 17.4 Å². The number of hydrogen-bond donors (Lipinski definition) is 2. The van der Waals surface area contributed by atoms with Crippen molar-refractivity contribution in [3.05, 3.63) is 29.8 Å². The van der Waals surface area contributed by atoms with Gasteiger partial charge in [-0.3, -0.25) is 4.79 Å². The quantitative estimate of drug-likeness (QED) is 0.825. The lowest BCUT2D eigenvalue weighted by Crippen LogP contribution is -2.40. The zero-order chi connectivity index (χ0) is 14.0. The van der Waals surface area contributed by atoms with E-state index in [0.29, 0.717) is 6.54 Å². The fraction of sp³-hybridized carbons (Fsp3) is 0.562. The number of amides is 1. The van der Waals surface area contributed by atoms with E-state index in [2.05, 4.69) is 5.32 Å². The number of anilines is 1. The second-order valence-electron chi connectivity index (χ2n) is 5.90. The number of benzene rings is 1. The molecule has 1 atom stereocenters. The molecule has 0 bridgehead atoms. The second kappa shape index (κ2) is 5.44. The van der Waals surface area contributed by atoms with Gasteiger partial charge in [0.05, 0.1) is 11.5 Å². The predicted molar refractivity (Wildman–Crippen MR) is 78.4 cm³/mol. The predicted octanol–water partition coefficient (Wildman–Crippen LogP) is 1.99. The van der Waals surface area contributed by atoms with E-state index in [0.717, 1.165) is 43.5 Å². The van der Waals surface area contributed by atoms with Crippen LogP contribution in [0, 0.1) is 0 Å². The van der Waals surface area contributed by atoms with Gasteiger partial charge in [-0.05, 0) is 49.8 Å². The van der Waals surface area contributed by atoms with Crippen molar-refractivity contribution in [1.29, 1.82) is 0 Å². The van der Waals surface area contributed by atoms with E-state index in [1.54, 1.807) is 0 Å². The van der Waals surface area contributed by atoms with Crippen LogP contribution in [-0.4, -0.2) is 25.2 Å². The molecule has 4 nitrogen and oxygen atoms in total. The lowest BCUT2D eigenvalue weighted by atomic mass is 9.94. The van der Waals surface area contributed by atoms with Gasteiger partial charge < -0.3 is 15.8 Å². The highest BCUT2D eigenvalue weighted by molar-refractivity contribution is 5.91. The average Bonchev–Trinajstić information content (AvgIpc) is 3.28. The standard InChI is InChI=1S/C16H22N2O2/c17-13-6-4-12(5-7-13)16(8-9-16)15(19)18-11-14-3-1-2-10-20-14/h4-7,14H,1-3,8-11,17H2,(H,18,19). The first kappa shape index (κ1) is 13.4. The summed E-state index contributed by atoms with van der Waals surface area (Å²) in [6.07, 6.45) is 5.43. The fourth-order valence-electron chi connectivity index (χ4n) is 2.92. The molecule has 0 radical (unpaired) electrons. The van der Waals surface area contributed by atoms with E-state index in [1.807, 2.05) is 24.3 Å². The van der Waals surface area contributed by atoms with Gasteiger partial charge in [0.25, 0.3) is 0 Å². The van der Waals surface area contributed by atoms with Crippen LogP contribution in [0.3, 0.4) is 0 Å². The van der Waals surface area contributed by atoms with E-state index < -0.39 is 0 Å². The number of hydrogen-bond acceptors (Lipinski definition) is 3. The molecule has 1 unspecified atom stereocenters. The van der Waals surface area contributed by atoms with Crippen LogP contribution < -0.4 is 11.1 Å². The first-order valence-corrected chi connectivity index (χ1v) is 7.47. The maximum atomic E-state index is 12.5. The third kappa shape index (κ3) is 2.66. The minimum atomic E-state index is -0.317. The summed E-state index contributed by atoms with van der Waals surface area (Å²) in [6.45, 7) is 1.46. The van der Waals surface area contributed by atoms with Crippen LogP contribution in [0.1, 0.15) is 37.7 Å². The van der Waals surface area contributed by atoms with Crippen LogP contribution in [0.15, 0.2) is 24.3 Å². The van der Waals surface area contributed by atoms with Gasteiger partial charge in [-0.25, -0.2) is 0 Å². The minimum Gasteiger partial charge on any atom is -0.399 e. The first-order chi connectivity index (χ1) is 9.71. The third-order valence-corrected chi connectivity index (χ3v) is 4.41. The Kier molecular flexibility index (Phi) is 3.66. The lowest BCUT2D eigenvalue weighted by Gasteiger charge is -2.24. The number of carbonyl (C=O) groups excluding carboxylic acids is 1. The number of nitrogen functional groups attached to an aromatic ring is 1. The Morgan fingerprint density at radius 3 is 2.65 bits per heavy atom. The SMILES string of the molecule is Nc1ccc(C2(C(=O)NCC3CCCCO3)CC2)cc1. The summed E-state index contributed by atoms with van der Waals surface area (Å²) in [4.78, 5) is 12.5. The van der Waals surface area contributed by atoms with Crippen molar-refractivity contribution >= 4 is 11.6 Å². The molecule has 1 amide bonds. The van der Waals surface area contributed by atoms with Crippen molar-refractivity contribution in [3.8, 4) is 0 Å². The highest BCUT2D eigenvalue weighted by atomic mass is 16.5. The molecule has 1 heterocycles. The summed E-state index contributed by atoms with van der Waals surface area (Å²) in [5.74, 6) is 0.136. The third-order valence-electron chi connectivity index (χ3n) is 4.41. The molecule has 1 saturated heterocycles. The van der Waals surface area contributed by atoms with Crippen molar-refractivity contribution in [2.75, 3.05) is 18.9 Å². The Hall–Kier alpha value is -1.55. The number of rotatable bonds is 4. The van der Waals surface area contributed by atoms with Crippen LogP contribution in [-0.2, 0) is 14.9 Å². The van der Waals surface area contributed by atoms with Gasteiger partial charge >= 0.3 is 0 Å². The molecule has 1 aromatic carbocycles. The molecule has 0 spiro atoms. The van der Waals surface area contributed by atoms with Crippen molar-refractivity contribution in [3.63, 3.8) is 0 Å². The molecule has 2 aliphatic rings. The Morgan fingerprint density at radius 1 is 1.30 bits per heavy atom. The van der Waals surface area contributed by atoms with Crippen molar-refractivity contribution in [1.82, 2.24) is 5.32 Å². The average molecular weight is 274 g/mol. The smallest absolute Gasteiger partial charge is 0.230 e. The van der Waals surface area contributed by atoms with Crippen LogP contribution >= 0.6 is 0 Å². The van der Waals surface area contributed by atoms with Crippen LogP contribution in [0.5, 0.6) is 0 Å². The summed E-state index contributed by atoms with van der Waals surface area (Å²) in [5.41, 5.74) is 7.20. The number of nitrogens with one attached hydrogen (secondary N) is 1. The van der Waals surface area contributed by atoms with E-state index in [4.69, 9.17) is 10.5 Å². The molecule has 1 aromatic rings. The summed E-state index contributed by atoms with van der Waals surface area (Å²) in [7, 11) is 0. The zero-order valence-electron chi connectivity index (χ0n) is 11.7. The largest absolute Gasteiger partial charge is 0.399 e. The first-order valence-electron chi connectivity index (χ1n) is 7.47. The molecule has 3 N–H and O–H groups in total. The molecule has 1 aliphatic heterocycles. The highest BCUT2D eigenvalue weighted by Gasteiger charge is 2.51. The van der Waals surface area contributed by atoms with E-state index in [9.17, 15) is 4.79 Å². The normalized spacial score (nSPS) is 24.1. The molecule has 2 fully saturated rings. The molecule has 1 aliphatic carbocycles. The van der Waals surface area contributed by atoms with E-state index >= 15 is 0 Å². The maximum Gasteiger partial charge on any atom is 0.230 e. The topological polar surface area (TPSA) is 64.4 Å². The van der Waals surface area contributed by atoms with Gasteiger partial charge in [0.15, 0.2) is 0 Å². The van der Waals surface area contributed by atoms with Gasteiger partial charge in [0.1, 0.15) is 0 Å². The van der Waals surface area contributed by atoms with Crippen LogP contribution in [0.2, 0.25) is 0 Å². The molecule has 20 heavy (non-hydrogen) atoms. The van der Waals surface area contributed by atoms with E-state index in [1.165, 1.54) is 6.42 Å². The number of ether oxygens (including phenoxy) is 1. The molecular formula is C16H22N2O2. The number of carbonyl (C=O) groups is 1. The molecule has 3 rings (SSSR count). The summed E-state index contributed by atoms with van der Waals surface area (Å²) >= 11 is 0. The summed E-state index contributed by atoms with van der Waals surface area (Å²) < 4.78 is 5.65. The fourth-order valence-corrected chi connectivity index (χ4v) is 2.92. The molecular weight excluding hydrogens is 252 g/mol. The van der Waals surface area contributed by atoms with Gasteiger partial charge in [-0.15, -0.1) is 0 Å². The summed E-state index contributed by atoms with van der Waals surface area (Å²) in [6, 6.07) is 7.68. The van der Waals surface area contributed by atoms with Crippen molar-refractivity contribution < 1.29 is 9.53 Å². The Balaban J connectivity index is 1.60. The Labute approximate surface area is 119 Å². The molecule has 1 saturated carbocycles. The Morgan fingerprint density at radius 2 is 2.05 bits per heavy atom. The maximum absolute atomic E-state index is 12.5. The highest BCUT2D eigenvalue weighted by Crippen LogP contribution is 2.48. The van der Waals surface area contributed by atoms with Gasteiger partial charge in [0.2, 0.25) is 5.91 Å². The van der Waals surface area contributed by atoms with Gasteiger partial charge in [0, 0.05) is 18.8 Å². The summed E-state index contributed by atoms with van der Waals surface area (Å²) in [5, 5.41) is 3.07. The van der Waals surface area contributed by atoms with Crippen molar-refractivity contribution in [2.45, 2.75) is 43.6 Å². The molecule has 4 heteroatoms. The number of nitrogens with two attached hydrogens (primary N) is 1. The second-order valence-corrected chi connectivity index (χ2v) is 5.90. The van der Waals surface area contributed by atoms with Crippen LogP contribution in [0.4, 0.5) is 5.69 Å². The van der Waals surface area contributed by atoms with Crippen LogP contribution in [0.25, 0.3) is 0 Å². The van der Waals surface area contributed by atoms with Gasteiger partial charge in [-0.2, -0.15) is 0 Å². The van der Waals surface area contributed by atoms with Gasteiger partial charge in [-0.1, -0.05) is 12.1 Å². The Bertz CT molecular complexity index is 474.